The Labute approximate surface area is 66.8 Å². The molecule has 0 bridgehead atoms. The van der Waals surface area contributed by atoms with E-state index in [1.807, 2.05) is 0 Å². The molecule has 0 radical (unpaired) electrons. The molecule has 0 saturated heterocycles. The minimum atomic E-state index is -1.25. The Hall–Kier alpha value is -0.990. The van der Waals surface area contributed by atoms with Crippen molar-refractivity contribution < 1.29 is 5.11 Å². The van der Waals surface area contributed by atoms with Gasteiger partial charge in [-0.2, -0.15) is 5.26 Å². The molecule has 1 rings (SSSR count). The number of nitrogens with zero attached hydrogens (tertiary/aromatic N) is 1. The minimum Gasteiger partial charge on any atom is -0.376 e. The van der Waals surface area contributed by atoms with E-state index in [-0.39, 0.29) is 0 Å². The highest BCUT2D eigenvalue weighted by molar-refractivity contribution is 5.24. The molecule has 2 nitrogen and oxygen atoms in total. The second kappa shape index (κ2) is 2.26. The predicted octanol–water partition coefficient (Wildman–Crippen LogP) is 1.06. The molecule has 1 saturated carbocycles. The maximum atomic E-state index is 9.63. The molecular formula is C9H11NO. The number of rotatable bonds is 1. The van der Waals surface area contributed by atoms with Crippen molar-refractivity contribution in [2.45, 2.75) is 31.8 Å². The third-order valence-electron chi connectivity index (χ3n) is 2.63. The van der Waals surface area contributed by atoms with Gasteiger partial charge in [0.1, 0.15) is 5.60 Å². The first kappa shape index (κ1) is 8.11. The fourth-order valence-corrected chi connectivity index (χ4v) is 1.38. The summed E-state index contributed by atoms with van der Waals surface area (Å²) in [5.74, 6) is 2.27. The molecule has 0 unspecified atom stereocenters. The lowest BCUT2D eigenvalue weighted by atomic mass is 9.60. The highest BCUT2D eigenvalue weighted by Crippen LogP contribution is 2.48. The maximum Gasteiger partial charge on any atom is 0.140 e. The zero-order valence-corrected chi connectivity index (χ0v) is 6.59. The fraction of sp³-hybridized carbons (Fsp3) is 0.667. The lowest BCUT2D eigenvalue weighted by Crippen LogP contribution is -2.48. The number of aliphatic hydroxyl groups is 1. The van der Waals surface area contributed by atoms with E-state index >= 15 is 0 Å². The van der Waals surface area contributed by atoms with Gasteiger partial charge in [0.05, 0.1) is 11.5 Å². The van der Waals surface area contributed by atoms with Crippen molar-refractivity contribution in [3.05, 3.63) is 0 Å². The third kappa shape index (κ3) is 0.914. The summed E-state index contributed by atoms with van der Waals surface area (Å²) in [7, 11) is 0. The van der Waals surface area contributed by atoms with Crippen LogP contribution in [0, 0.1) is 29.1 Å². The van der Waals surface area contributed by atoms with Crippen molar-refractivity contribution in [1.29, 1.82) is 5.26 Å². The van der Waals surface area contributed by atoms with Crippen LogP contribution in [0.25, 0.3) is 0 Å². The van der Waals surface area contributed by atoms with E-state index in [9.17, 15) is 5.11 Å². The molecule has 11 heavy (non-hydrogen) atoms. The summed E-state index contributed by atoms with van der Waals surface area (Å²) in [5, 5.41) is 18.4. The van der Waals surface area contributed by atoms with E-state index in [1.165, 1.54) is 6.92 Å². The summed E-state index contributed by atoms with van der Waals surface area (Å²) in [4.78, 5) is 0. The van der Waals surface area contributed by atoms with Gasteiger partial charge in [-0.1, -0.05) is 5.92 Å². The van der Waals surface area contributed by atoms with Crippen LogP contribution in [0.15, 0.2) is 0 Å². The van der Waals surface area contributed by atoms with Gasteiger partial charge in [0.25, 0.3) is 0 Å². The molecular weight excluding hydrogens is 138 g/mol. The highest BCUT2D eigenvalue weighted by Gasteiger charge is 2.51. The topological polar surface area (TPSA) is 44.0 Å². The summed E-state index contributed by atoms with van der Waals surface area (Å²) in [6, 6.07) is 2.11. The lowest BCUT2D eigenvalue weighted by molar-refractivity contribution is -0.0334. The van der Waals surface area contributed by atoms with Crippen LogP contribution in [-0.4, -0.2) is 10.7 Å². The van der Waals surface area contributed by atoms with Crippen LogP contribution in [0.2, 0.25) is 0 Å². The normalized spacial score (nSPS) is 25.5. The van der Waals surface area contributed by atoms with Crippen LogP contribution in [0.5, 0.6) is 0 Å². The van der Waals surface area contributed by atoms with Crippen molar-refractivity contribution in [1.82, 2.24) is 0 Å². The van der Waals surface area contributed by atoms with E-state index < -0.39 is 11.0 Å². The molecule has 0 spiro atoms. The zero-order chi connectivity index (χ0) is 8.54. The van der Waals surface area contributed by atoms with Crippen LogP contribution in [0.1, 0.15) is 26.2 Å². The van der Waals surface area contributed by atoms with Gasteiger partial charge in [-0.15, -0.1) is 6.42 Å². The zero-order valence-electron chi connectivity index (χ0n) is 6.59. The van der Waals surface area contributed by atoms with Crippen molar-refractivity contribution in [2.75, 3.05) is 0 Å². The molecule has 1 atom stereocenters. The standard InChI is InChI=1S/C9H11NO/c1-3-8(2,11)9(7-10)5-4-6-9/h1,11H,4-6H2,2H3/t8-/m0/s1. The largest absolute Gasteiger partial charge is 0.376 e. The van der Waals surface area contributed by atoms with Crippen LogP contribution < -0.4 is 0 Å². The molecule has 1 N–H and O–H groups in total. The number of nitriles is 1. The van der Waals surface area contributed by atoms with Gasteiger partial charge in [0.15, 0.2) is 0 Å². The Morgan fingerprint density at radius 2 is 2.18 bits per heavy atom. The second-order valence-corrected chi connectivity index (χ2v) is 3.26. The van der Waals surface area contributed by atoms with Crippen molar-refractivity contribution in [3.63, 3.8) is 0 Å². The maximum absolute atomic E-state index is 9.63. The molecule has 0 aromatic rings. The first-order valence-corrected chi connectivity index (χ1v) is 3.69. The molecule has 1 aliphatic rings. The fourth-order valence-electron chi connectivity index (χ4n) is 1.38. The van der Waals surface area contributed by atoms with E-state index in [0.29, 0.717) is 0 Å². The van der Waals surface area contributed by atoms with Gasteiger partial charge in [-0.25, -0.2) is 0 Å². The molecule has 0 aromatic heterocycles. The summed E-state index contributed by atoms with van der Waals surface area (Å²) in [6.45, 7) is 1.54. The van der Waals surface area contributed by atoms with E-state index in [0.717, 1.165) is 19.3 Å². The Bertz CT molecular complexity index is 237. The predicted molar refractivity (Wildman–Crippen MR) is 41.4 cm³/mol. The van der Waals surface area contributed by atoms with Gasteiger partial charge in [0.2, 0.25) is 0 Å². The van der Waals surface area contributed by atoms with Crippen LogP contribution in [0.4, 0.5) is 0 Å². The van der Waals surface area contributed by atoms with Crippen molar-refractivity contribution >= 4 is 0 Å². The van der Waals surface area contributed by atoms with Gasteiger partial charge in [-0.05, 0) is 26.2 Å². The first-order valence-electron chi connectivity index (χ1n) is 3.69. The van der Waals surface area contributed by atoms with Gasteiger partial charge in [-0.3, -0.25) is 0 Å². The van der Waals surface area contributed by atoms with Gasteiger partial charge in [0, 0.05) is 0 Å². The van der Waals surface area contributed by atoms with Crippen molar-refractivity contribution in [3.8, 4) is 18.4 Å². The Morgan fingerprint density at radius 1 is 1.64 bits per heavy atom. The summed E-state index contributed by atoms with van der Waals surface area (Å²) in [6.07, 6.45) is 7.56. The molecule has 2 heteroatoms. The number of hydrogen-bond acceptors (Lipinski definition) is 2. The molecule has 0 aromatic carbocycles. The number of terminal acetylenes is 1. The third-order valence-corrected chi connectivity index (χ3v) is 2.63. The molecule has 0 amide bonds. The average molecular weight is 149 g/mol. The highest BCUT2D eigenvalue weighted by atomic mass is 16.3. The molecule has 0 heterocycles. The smallest absolute Gasteiger partial charge is 0.140 e. The molecule has 0 aliphatic heterocycles. The van der Waals surface area contributed by atoms with Crippen LogP contribution >= 0.6 is 0 Å². The Morgan fingerprint density at radius 3 is 2.27 bits per heavy atom. The van der Waals surface area contributed by atoms with Gasteiger partial charge < -0.3 is 5.11 Å². The number of hydrogen-bond donors (Lipinski definition) is 1. The van der Waals surface area contributed by atoms with E-state index in [1.54, 1.807) is 0 Å². The van der Waals surface area contributed by atoms with Crippen molar-refractivity contribution in [2.24, 2.45) is 5.41 Å². The molecule has 1 fully saturated rings. The van der Waals surface area contributed by atoms with Crippen LogP contribution in [0.3, 0.4) is 0 Å². The summed E-state index contributed by atoms with van der Waals surface area (Å²) in [5.41, 5.74) is -1.91. The Kier molecular flexibility index (Phi) is 1.66. The minimum absolute atomic E-state index is 0.665. The molecule has 1 aliphatic carbocycles. The second-order valence-electron chi connectivity index (χ2n) is 3.26. The quantitative estimate of drug-likeness (QED) is 0.566. The molecule has 58 valence electrons. The lowest BCUT2D eigenvalue weighted by Gasteiger charge is -2.43. The average Bonchev–Trinajstić information content (AvgIpc) is 1.86. The van der Waals surface area contributed by atoms with Crippen LogP contribution in [-0.2, 0) is 0 Å². The Balaban J connectivity index is 2.90. The summed E-state index contributed by atoms with van der Waals surface area (Å²) >= 11 is 0. The van der Waals surface area contributed by atoms with E-state index in [4.69, 9.17) is 11.7 Å². The summed E-state index contributed by atoms with van der Waals surface area (Å²) < 4.78 is 0. The van der Waals surface area contributed by atoms with Gasteiger partial charge >= 0.3 is 0 Å². The SMILES string of the molecule is C#C[C@](C)(O)C1(C#N)CCC1. The monoisotopic (exact) mass is 149 g/mol. The van der Waals surface area contributed by atoms with E-state index in [2.05, 4.69) is 12.0 Å². The first-order chi connectivity index (χ1) is 5.08.